The highest BCUT2D eigenvalue weighted by atomic mass is 35.5. The summed E-state index contributed by atoms with van der Waals surface area (Å²) in [6, 6.07) is 23.9. The van der Waals surface area contributed by atoms with E-state index in [2.05, 4.69) is 20.6 Å². The molecule has 1 unspecified atom stereocenters. The Morgan fingerprint density at radius 3 is 2.02 bits per heavy atom. The molecule has 0 bridgehead atoms. The zero-order valence-corrected chi connectivity index (χ0v) is 24.7. The maximum Gasteiger partial charge on any atom is 0.314 e. The van der Waals surface area contributed by atoms with Crippen molar-refractivity contribution in [1.82, 2.24) is 20.6 Å². The van der Waals surface area contributed by atoms with E-state index in [0.29, 0.717) is 54.8 Å². The summed E-state index contributed by atoms with van der Waals surface area (Å²) in [7, 11) is 0. The van der Waals surface area contributed by atoms with Crippen LogP contribution in [-0.2, 0) is 31.0 Å². The van der Waals surface area contributed by atoms with Crippen LogP contribution in [0.15, 0.2) is 91.3 Å². The average molecular weight is 609 g/mol. The molecule has 0 aliphatic carbocycles. The fourth-order valence-corrected chi connectivity index (χ4v) is 4.52. The van der Waals surface area contributed by atoms with E-state index >= 15 is 0 Å². The van der Waals surface area contributed by atoms with Crippen molar-refractivity contribution in [2.75, 3.05) is 6.54 Å². The Bertz CT molecular complexity index is 1390. The molecule has 220 valence electrons. The topological polar surface area (TPSA) is 130 Å². The number of carbonyl (C=O) groups excluding carboxylic acids is 1. The lowest BCUT2D eigenvalue weighted by Gasteiger charge is -2.12. The van der Waals surface area contributed by atoms with Crippen LogP contribution in [0, 0.1) is 5.92 Å². The summed E-state index contributed by atoms with van der Waals surface area (Å²) in [5.41, 5.74) is 9.62. The van der Waals surface area contributed by atoms with Crippen LogP contribution < -0.4 is 16.4 Å². The van der Waals surface area contributed by atoms with E-state index in [9.17, 15) is 14.7 Å². The van der Waals surface area contributed by atoms with E-state index in [4.69, 9.17) is 28.9 Å². The number of nitrogens with two attached hydrogens (primary N) is 1. The third kappa shape index (κ3) is 11.3. The van der Waals surface area contributed by atoms with Crippen LogP contribution in [0.4, 0.5) is 0 Å². The van der Waals surface area contributed by atoms with Crippen molar-refractivity contribution in [2.45, 2.75) is 39.0 Å². The van der Waals surface area contributed by atoms with Crippen LogP contribution in [0.1, 0.15) is 45.7 Å². The molecule has 42 heavy (non-hydrogen) atoms. The summed E-state index contributed by atoms with van der Waals surface area (Å²) in [6.07, 6.45) is 4.37. The molecule has 4 rings (SSSR count). The molecule has 0 aliphatic heterocycles. The number of aliphatic carboxylic acids is 1. The summed E-state index contributed by atoms with van der Waals surface area (Å²) < 4.78 is 0. The molecule has 0 saturated carbocycles. The van der Waals surface area contributed by atoms with Gasteiger partial charge >= 0.3 is 5.97 Å². The Hall–Kier alpha value is -3.66. The summed E-state index contributed by atoms with van der Waals surface area (Å²) >= 11 is 11.4. The van der Waals surface area contributed by atoms with E-state index in [0.717, 1.165) is 22.5 Å². The number of carboxylic acid groups (broad SMARTS) is 1. The SMILES string of the molecule is NCc1ccc(Cl)cc1Cl.O=C(O)C(CCCNCc1ccccn1)C(=O)c1ccc(CNCc2ccccn2)cc1. The Labute approximate surface area is 256 Å². The van der Waals surface area contributed by atoms with E-state index in [1.165, 1.54) is 0 Å². The van der Waals surface area contributed by atoms with E-state index < -0.39 is 11.9 Å². The number of aromatic nitrogens is 2. The van der Waals surface area contributed by atoms with Gasteiger partial charge < -0.3 is 21.5 Å². The largest absolute Gasteiger partial charge is 0.481 e. The summed E-state index contributed by atoms with van der Waals surface area (Å²) in [5.74, 6) is -2.48. The third-order valence-corrected chi connectivity index (χ3v) is 6.92. The second kappa shape index (κ2) is 18.0. The molecule has 1 atom stereocenters. The molecule has 10 heteroatoms. The van der Waals surface area contributed by atoms with Crippen LogP contribution in [0.25, 0.3) is 0 Å². The zero-order valence-electron chi connectivity index (χ0n) is 23.2. The highest BCUT2D eigenvalue weighted by molar-refractivity contribution is 6.35. The molecule has 0 spiro atoms. The lowest BCUT2D eigenvalue weighted by molar-refractivity contribution is -0.140. The number of ketones is 1. The van der Waals surface area contributed by atoms with Crippen molar-refractivity contribution in [3.05, 3.63) is 129 Å². The van der Waals surface area contributed by atoms with E-state index in [1.807, 2.05) is 54.6 Å². The van der Waals surface area contributed by atoms with Gasteiger partial charge in [0.15, 0.2) is 5.78 Å². The van der Waals surface area contributed by atoms with Crippen LogP contribution in [0.5, 0.6) is 0 Å². The first-order valence-corrected chi connectivity index (χ1v) is 14.3. The minimum Gasteiger partial charge on any atom is -0.481 e. The third-order valence-electron chi connectivity index (χ3n) is 6.33. The second-order valence-electron chi connectivity index (χ2n) is 9.46. The molecule has 8 nitrogen and oxygen atoms in total. The molecule has 2 heterocycles. The first-order valence-electron chi connectivity index (χ1n) is 13.6. The molecular formula is C32H35Cl2N5O3. The molecule has 0 saturated heterocycles. The standard InChI is InChI=1S/C25H28N4O3.C7H7Cl2N/c30-24(23(25(31)32)8-5-13-26-17-21-6-1-3-14-28-21)20-11-9-19(10-12-20)16-27-18-22-7-2-4-15-29-22;8-6-2-1-5(4-10)7(9)3-6/h1-4,6-7,9-12,14-15,23,26-27H,5,8,13,16-18H2,(H,31,32);1-3H,4,10H2. The van der Waals surface area contributed by atoms with Gasteiger partial charge in [-0.2, -0.15) is 0 Å². The molecule has 2 aromatic heterocycles. The number of nitrogens with zero attached hydrogens (tertiary/aromatic N) is 2. The number of benzene rings is 2. The second-order valence-corrected chi connectivity index (χ2v) is 10.3. The normalized spacial score (nSPS) is 11.3. The maximum atomic E-state index is 12.7. The smallest absolute Gasteiger partial charge is 0.314 e. The van der Waals surface area contributed by atoms with Gasteiger partial charge in [0, 0.05) is 54.2 Å². The average Bonchev–Trinajstić information content (AvgIpc) is 3.00. The summed E-state index contributed by atoms with van der Waals surface area (Å²) in [6.45, 7) is 2.97. The van der Waals surface area contributed by atoms with Gasteiger partial charge in [0.2, 0.25) is 0 Å². The van der Waals surface area contributed by atoms with Gasteiger partial charge in [0.1, 0.15) is 5.92 Å². The van der Waals surface area contributed by atoms with Crippen molar-refractivity contribution in [3.63, 3.8) is 0 Å². The van der Waals surface area contributed by atoms with E-state index in [-0.39, 0.29) is 12.2 Å². The molecule has 5 N–H and O–H groups in total. The van der Waals surface area contributed by atoms with Crippen molar-refractivity contribution in [3.8, 4) is 0 Å². The highest BCUT2D eigenvalue weighted by Gasteiger charge is 2.26. The van der Waals surface area contributed by atoms with Crippen molar-refractivity contribution in [1.29, 1.82) is 0 Å². The lowest BCUT2D eigenvalue weighted by atomic mass is 9.93. The lowest BCUT2D eigenvalue weighted by Crippen LogP contribution is -2.25. The Kier molecular flexibility index (Phi) is 14.1. The molecule has 2 aromatic carbocycles. The fourth-order valence-electron chi connectivity index (χ4n) is 4.03. The number of rotatable bonds is 14. The molecule has 4 aromatic rings. The molecule has 0 fully saturated rings. The summed E-state index contributed by atoms with van der Waals surface area (Å²) in [4.78, 5) is 32.9. The number of pyridine rings is 2. The number of carbonyl (C=O) groups is 2. The number of hydrogen-bond donors (Lipinski definition) is 4. The minimum absolute atomic E-state index is 0.288. The Morgan fingerprint density at radius 1 is 0.833 bits per heavy atom. The number of nitrogens with one attached hydrogen (secondary N) is 2. The first-order chi connectivity index (χ1) is 20.4. The van der Waals surface area contributed by atoms with Gasteiger partial charge in [-0.05, 0) is 66.9 Å². The number of carboxylic acids is 1. The number of hydrogen-bond acceptors (Lipinski definition) is 7. The predicted octanol–water partition coefficient (Wildman–Crippen LogP) is 5.67. The van der Waals surface area contributed by atoms with Gasteiger partial charge in [0.05, 0.1) is 11.4 Å². The maximum absolute atomic E-state index is 12.7. The van der Waals surface area contributed by atoms with Crippen molar-refractivity contribution in [2.24, 2.45) is 11.7 Å². The molecular weight excluding hydrogens is 573 g/mol. The van der Waals surface area contributed by atoms with Gasteiger partial charge in [-0.15, -0.1) is 0 Å². The molecule has 0 amide bonds. The van der Waals surface area contributed by atoms with Gasteiger partial charge in [-0.1, -0.05) is 65.7 Å². The van der Waals surface area contributed by atoms with Crippen LogP contribution in [-0.4, -0.2) is 33.4 Å². The van der Waals surface area contributed by atoms with Gasteiger partial charge in [-0.25, -0.2) is 0 Å². The molecule has 0 aliphatic rings. The predicted molar refractivity (Wildman–Crippen MR) is 166 cm³/mol. The van der Waals surface area contributed by atoms with Gasteiger partial charge in [-0.3, -0.25) is 19.6 Å². The quantitative estimate of drug-likeness (QED) is 0.0819. The van der Waals surface area contributed by atoms with E-state index in [1.54, 1.807) is 36.7 Å². The Balaban J connectivity index is 0.000000408. The molecule has 0 radical (unpaired) electrons. The fraction of sp³-hybridized carbons (Fsp3) is 0.250. The number of halogens is 2. The van der Waals surface area contributed by atoms with Crippen LogP contribution in [0.3, 0.4) is 0 Å². The minimum atomic E-state index is -1.08. The van der Waals surface area contributed by atoms with Gasteiger partial charge in [0.25, 0.3) is 0 Å². The Morgan fingerprint density at radius 2 is 1.48 bits per heavy atom. The van der Waals surface area contributed by atoms with Crippen LogP contribution >= 0.6 is 23.2 Å². The summed E-state index contributed by atoms with van der Waals surface area (Å²) in [5, 5.41) is 17.4. The van der Waals surface area contributed by atoms with Crippen molar-refractivity contribution >= 4 is 35.0 Å². The monoisotopic (exact) mass is 607 g/mol. The highest BCUT2D eigenvalue weighted by Crippen LogP contribution is 2.20. The first kappa shape index (κ1) is 32.8. The number of Topliss-reactive ketones (excluding diaryl/α,β-unsaturated/α-hetero) is 1. The zero-order chi connectivity index (χ0) is 30.2. The van der Waals surface area contributed by atoms with Crippen LogP contribution in [0.2, 0.25) is 10.0 Å². The van der Waals surface area contributed by atoms with Crippen molar-refractivity contribution < 1.29 is 14.7 Å².